The Balaban J connectivity index is 1.56. The Hall–Kier alpha value is -2.67. The van der Waals surface area contributed by atoms with Gasteiger partial charge < -0.3 is 19.8 Å². The number of amides is 1. The van der Waals surface area contributed by atoms with Crippen molar-refractivity contribution in [2.75, 3.05) is 13.2 Å². The highest BCUT2D eigenvalue weighted by atomic mass is 16.5. The molecule has 0 aliphatic carbocycles. The van der Waals surface area contributed by atoms with Crippen molar-refractivity contribution in [3.63, 3.8) is 0 Å². The first-order valence-corrected chi connectivity index (χ1v) is 9.54. The van der Waals surface area contributed by atoms with Crippen LogP contribution in [-0.4, -0.2) is 35.1 Å². The molecular formula is C21H27N3O4. The van der Waals surface area contributed by atoms with E-state index in [9.17, 15) is 9.59 Å². The molecule has 7 nitrogen and oxygen atoms in total. The lowest BCUT2D eigenvalue weighted by atomic mass is 9.87. The van der Waals surface area contributed by atoms with Gasteiger partial charge in [-0.1, -0.05) is 32.9 Å². The fourth-order valence-corrected chi connectivity index (χ4v) is 2.98. The number of nitrogens with zero attached hydrogens (tertiary/aromatic N) is 1. The van der Waals surface area contributed by atoms with Gasteiger partial charge in [-0.25, -0.2) is 4.98 Å². The van der Waals surface area contributed by atoms with Crippen LogP contribution in [0.15, 0.2) is 35.3 Å². The van der Waals surface area contributed by atoms with Crippen LogP contribution in [0.3, 0.4) is 0 Å². The Bertz CT molecular complexity index is 862. The number of rotatable bonds is 6. The van der Waals surface area contributed by atoms with Crippen molar-refractivity contribution in [3.05, 3.63) is 57.8 Å². The number of carbonyl (C=O) groups excluding carboxylic acids is 1. The molecule has 2 N–H and O–H groups in total. The van der Waals surface area contributed by atoms with Gasteiger partial charge in [-0.15, -0.1) is 0 Å². The Morgan fingerprint density at radius 2 is 2.07 bits per heavy atom. The average molecular weight is 385 g/mol. The zero-order valence-electron chi connectivity index (χ0n) is 16.6. The third-order valence-electron chi connectivity index (χ3n) is 4.71. The molecule has 150 valence electrons. The summed E-state index contributed by atoms with van der Waals surface area (Å²) in [5.74, 6) is 0.601. The van der Waals surface area contributed by atoms with Crippen molar-refractivity contribution in [1.82, 2.24) is 15.3 Å². The summed E-state index contributed by atoms with van der Waals surface area (Å²) in [5, 5.41) is 2.72. The number of hydrogen-bond donors (Lipinski definition) is 2. The van der Waals surface area contributed by atoms with Gasteiger partial charge in [0.25, 0.3) is 11.5 Å². The van der Waals surface area contributed by atoms with E-state index in [0.717, 1.165) is 19.4 Å². The normalized spacial score (nSPS) is 16.8. The molecule has 1 aromatic carbocycles. The molecule has 1 aliphatic heterocycles. The summed E-state index contributed by atoms with van der Waals surface area (Å²) in [4.78, 5) is 31.1. The van der Waals surface area contributed by atoms with Gasteiger partial charge in [0.05, 0.1) is 6.10 Å². The minimum Gasteiger partial charge on any atom is -0.486 e. The Morgan fingerprint density at radius 3 is 2.68 bits per heavy atom. The number of ether oxygens (including phenoxy) is 2. The molecule has 2 heterocycles. The molecule has 1 aromatic heterocycles. The van der Waals surface area contributed by atoms with Crippen molar-refractivity contribution in [3.8, 4) is 5.75 Å². The molecule has 1 aliphatic rings. The minimum atomic E-state index is -0.485. The van der Waals surface area contributed by atoms with Crippen LogP contribution in [0.25, 0.3) is 0 Å². The van der Waals surface area contributed by atoms with Gasteiger partial charge in [0.15, 0.2) is 0 Å². The number of H-pyrrole nitrogens is 1. The van der Waals surface area contributed by atoms with Crippen molar-refractivity contribution in [2.45, 2.75) is 51.7 Å². The molecule has 2 aromatic rings. The lowest BCUT2D eigenvalue weighted by molar-refractivity contribution is 0.0856. The molecule has 0 bridgehead atoms. The van der Waals surface area contributed by atoms with Gasteiger partial charge in [0.1, 0.15) is 23.7 Å². The Kier molecular flexibility index (Phi) is 6.14. The van der Waals surface area contributed by atoms with Gasteiger partial charge in [-0.3, -0.25) is 9.59 Å². The lowest BCUT2D eigenvalue weighted by Gasteiger charge is -2.19. The van der Waals surface area contributed by atoms with E-state index in [-0.39, 0.29) is 23.7 Å². The predicted octanol–water partition coefficient (Wildman–Crippen LogP) is 2.56. The molecule has 1 amide bonds. The standard InChI is InChI=1S/C21H27N3O4/c1-21(2,3)14-6-8-15(9-7-14)28-13-18-22-12-17(20(26)24-18)19(25)23-11-16-5-4-10-27-16/h6-9,12,16H,4-5,10-11,13H2,1-3H3,(H,23,25)(H,22,24,26). The second kappa shape index (κ2) is 8.56. The van der Waals surface area contributed by atoms with Crippen LogP contribution in [0.2, 0.25) is 0 Å². The third-order valence-corrected chi connectivity index (χ3v) is 4.71. The summed E-state index contributed by atoms with van der Waals surface area (Å²) < 4.78 is 11.1. The summed E-state index contributed by atoms with van der Waals surface area (Å²) in [7, 11) is 0. The number of aromatic amines is 1. The topological polar surface area (TPSA) is 93.3 Å². The van der Waals surface area contributed by atoms with Crippen molar-refractivity contribution in [2.24, 2.45) is 0 Å². The van der Waals surface area contributed by atoms with Crippen molar-refractivity contribution < 1.29 is 14.3 Å². The van der Waals surface area contributed by atoms with Crippen molar-refractivity contribution in [1.29, 1.82) is 0 Å². The highest BCUT2D eigenvalue weighted by Crippen LogP contribution is 2.24. The zero-order valence-corrected chi connectivity index (χ0v) is 16.6. The van der Waals surface area contributed by atoms with Crippen LogP contribution < -0.4 is 15.6 Å². The molecule has 0 radical (unpaired) electrons. The van der Waals surface area contributed by atoms with Crippen LogP contribution in [-0.2, 0) is 16.8 Å². The molecule has 3 rings (SSSR count). The van der Waals surface area contributed by atoms with E-state index in [1.807, 2.05) is 24.3 Å². The van der Waals surface area contributed by atoms with E-state index >= 15 is 0 Å². The lowest BCUT2D eigenvalue weighted by Crippen LogP contribution is -2.35. The first-order chi connectivity index (χ1) is 13.3. The molecule has 1 unspecified atom stereocenters. The maximum absolute atomic E-state index is 12.2. The molecule has 7 heteroatoms. The maximum Gasteiger partial charge on any atom is 0.263 e. The number of aromatic nitrogens is 2. The average Bonchev–Trinajstić information content (AvgIpc) is 3.18. The van der Waals surface area contributed by atoms with E-state index in [1.165, 1.54) is 11.8 Å². The molecule has 28 heavy (non-hydrogen) atoms. The summed E-state index contributed by atoms with van der Waals surface area (Å²) in [5.41, 5.74) is 0.786. The van der Waals surface area contributed by atoms with Crippen LogP contribution >= 0.6 is 0 Å². The Labute approximate surface area is 164 Å². The Morgan fingerprint density at radius 1 is 1.32 bits per heavy atom. The highest BCUT2D eigenvalue weighted by molar-refractivity contribution is 5.93. The zero-order chi connectivity index (χ0) is 20.1. The van der Waals surface area contributed by atoms with Gasteiger partial charge in [0.2, 0.25) is 0 Å². The fraction of sp³-hybridized carbons (Fsp3) is 0.476. The summed E-state index contributed by atoms with van der Waals surface area (Å²) in [6, 6.07) is 7.83. The first kappa shape index (κ1) is 20.1. The van der Waals surface area contributed by atoms with E-state index in [4.69, 9.17) is 9.47 Å². The third kappa shape index (κ3) is 5.19. The fourth-order valence-electron chi connectivity index (χ4n) is 2.98. The predicted molar refractivity (Wildman–Crippen MR) is 106 cm³/mol. The second-order valence-electron chi connectivity index (χ2n) is 7.98. The number of hydrogen-bond acceptors (Lipinski definition) is 5. The number of nitrogens with one attached hydrogen (secondary N) is 2. The number of benzene rings is 1. The molecule has 1 atom stereocenters. The molecule has 0 saturated carbocycles. The van der Waals surface area contributed by atoms with E-state index < -0.39 is 11.5 Å². The monoisotopic (exact) mass is 385 g/mol. The quantitative estimate of drug-likeness (QED) is 0.797. The van der Waals surface area contributed by atoms with Crippen LogP contribution in [0.4, 0.5) is 0 Å². The second-order valence-corrected chi connectivity index (χ2v) is 7.98. The van der Waals surface area contributed by atoms with Crippen LogP contribution in [0.1, 0.15) is 55.4 Å². The smallest absolute Gasteiger partial charge is 0.263 e. The van der Waals surface area contributed by atoms with E-state index in [2.05, 4.69) is 36.1 Å². The summed E-state index contributed by atoms with van der Waals surface area (Å²) in [6.45, 7) is 7.67. The molecule has 1 saturated heterocycles. The largest absolute Gasteiger partial charge is 0.486 e. The van der Waals surface area contributed by atoms with Crippen LogP contribution in [0.5, 0.6) is 5.75 Å². The minimum absolute atomic E-state index is 0.0173. The summed E-state index contributed by atoms with van der Waals surface area (Å²) in [6.07, 6.45) is 3.22. The molecule has 1 fully saturated rings. The van der Waals surface area contributed by atoms with E-state index in [0.29, 0.717) is 18.1 Å². The van der Waals surface area contributed by atoms with Gasteiger partial charge >= 0.3 is 0 Å². The summed E-state index contributed by atoms with van der Waals surface area (Å²) >= 11 is 0. The molecule has 0 spiro atoms. The first-order valence-electron chi connectivity index (χ1n) is 9.54. The highest BCUT2D eigenvalue weighted by Gasteiger charge is 2.18. The van der Waals surface area contributed by atoms with Gasteiger partial charge in [0, 0.05) is 19.3 Å². The maximum atomic E-state index is 12.2. The van der Waals surface area contributed by atoms with E-state index in [1.54, 1.807) is 0 Å². The molecular weight excluding hydrogens is 358 g/mol. The SMILES string of the molecule is CC(C)(C)c1ccc(OCc2ncc(C(=O)NCC3CCCO3)c(=O)[nH]2)cc1. The van der Waals surface area contributed by atoms with Crippen LogP contribution in [0, 0.1) is 0 Å². The number of carbonyl (C=O) groups is 1. The van der Waals surface area contributed by atoms with Gasteiger partial charge in [-0.05, 0) is 36.0 Å². The van der Waals surface area contributed by atoms with Gasteiger partial charge in [-0.2, -0.15) is 0 Å². The van der Waals surface area contributed by atoms with Crippen molar-refractivity contribution >= 4 is 5.91 Å².